The molecule has 1 radical (unpaired) electrons. The van der Waals surface area contributed by atoms with Gasteiger partial charge in [0.2, 0.25) is 0 Å². The van der Waals surface area contributed by atoms with Crippen LogP contribution in [0.15, 0.2) is 24.3 Å². The van der Waals surface area contributed by atoms with Gasteiger partial charge in [-0.1, -0.05) is 24.3 Å². The van der Waals surface area contributed by atoms with Crippen LogP contribution >= 0.6 is 0 Å². The fourth-order valence-corrected chi connectivity index (χ4v) is 1.46. The van der Waals surface area contributed by atoms with E-state index in [1.54, 1.807) is 7.48 Å². The molecule has 13 heavy (non-hydrogen) atoms. The van der Waals surface area contributed by atoms with Gasteiger partial charge in [0.15, 0.2) is 0 Å². The predicted octanol–water partition coefficient (Wildman–Crippen LogP) is 0.477. The number of carboxylic acids is 1. The molecule has 1 aliphatic heterocycles. The summed E-state index contributed by atoms with van der Waals surface area (Å²) in [5.41, 5.74) is 1.94. The Morgan fingerprint density at radius 1 is 1.54 bits per heavy atom. The second-order valence-corrected chi connectivity index (χ2v) is 2.97. The van der Waals surface area contributed by atoms with E-state index in [4.69, 9.17) is 9.76 Å². The highest BCUT2D eigenvalue weighted by atomic mass is 16.4. The normalized spacial score (nSPS) is 19.2. The van der Waals surface area contributed by atoms with E-state index < -0.39 is 5.97 Å². The van der Waals surface area contributed by atoms with E-state index in [0.29, 0.717) is 0 Å². The smallest absolute Gasteiger partial charge is 0.331 e. The molecule has 1 unspecified atom stereocenters. The number of hydrogen-bond donors (Lipinski definition) is 1. The number of fused-ring (bicyclic) bond motifs is 1. The first-order valence-corrected chi connectivity index (χ1v) is 4.07. The molecule has 1 heterocycles. The summed E-state index contributed by atoms with van der Waals surface area (Å²) in [6.07, 6.45) is -0.290. The van der Waals surface area contributed by atoms with E-state index in [9.17, 15) is 4.79 Å². The summed E-state index contributed by atoms with van der Waals surface area (Å²) in [4.78, 5) is 10.5. The van der Waals surface area contributed by atoms with E-state index in [-0.39, 0.29) is 12.5 Å². The van der Waals surface area contributed by atoms with E-state index in [0.717, 1.165) is 11.0 Å². The maximum Gasteiger partial charge on any atom is 0.331 e. The topological polar surface area (TPSA) is 46.5 Å². The van der Waals surface area contributed by atoms with Crippen LogP contribution in [0.1, 0.15) is 18.1 Å². The lowest BCUT2D eigenvalue weighted by atomic mass is 9.86. The molecule has 0 fully saturated rings. The van der Waals surface area contributed by atoms with Crippen molar-refractivity contribution in [3.05, 3.63) is 29.8 Å². The van der Waals surface area contributed by atoms with Gasteiger partial charge in [0.1, 0.15) is 0 Å². The lowest BCUT2D eigenvalue weighted by Crippen LogP contribution is -2.09. The summed E-state index contributed by atoms with van der Waals surface area (Å²) in [6.45, 7) is 0. The molecule has 1 atom stereocenters. The van der Waals surface area contributed by atoms with Crippen LogP contribution < -0.4 is 5.46 Å². The Kier molecular flexibility index (Phi) is 2.06. The van der Waals surface area contributed by atoms with Gasteiger partial charge in [-0.25, -0.2) is 0 Å². The zero-order chi connectivity index (χ0) is 9.26. The molecular weight excluding hydrogens is 167 g/mol. The Bertz CT molecular complexity index is 337. The van der Waals surface area contributed by atoms with Crippen molar-refractivity contribution in [2.45, 2.75) is 12.5 Å². The average molecular weight is 175 g/mol. The maximum atomic E-state index is 10.5. The van der Waals surface area contributed by atoms with Crippen LogP contribution in [-0.4, -0.2) is 18.6 Å². The molecule has 0 aliphatic carbocycles. The van der Waals surface area contributed by atoms with Crippen molar-refractivity contribution in [1.29, 1.82) is 0 Å². The van der Waals surface area contributed by atoms with Gasteiger partial charge >= 0.3 is 13.5 Å². The Balaban J connectivity index is 2.23. The third-order valence-electron chi connectivity index (χ3n) is 2.06. The minimum Gasteiger partial charge on any atom is -0.481 e. The van der Waals surface area contributed by atoms with Gasteiger partial charge < -0.3 is 9.76 Å². The fraction of sp³-hybridized carbons (Fsp3) is 0.222. The minimum absolute atomic E-state index is 0.0213. The molecule has 0 saturated carbocycles. The number of hydrogen-bond acceptors (Lipinski definition) is 2. The number of carbonyl (C=O) groups is 1. The SMILES string of the molecule is O=C(O)CC1O[B]c2ccccc21. The Labute approximate surface area is 76.6 Å². The second kappa shape index (κ2) is 3.22. The molecule has 4 heteroatoms. The first-order chi connectivity index (χ1) is 6.27. The van der Waals surface area contributed by atoms with Crippen molar-refractivity contribution in [3.63, 3.8) is 0 Å². The first kappa shape index (κ1) is 8.32. The lowest BCUT2D eigenvalue weighted by Gasteiger charge is -2.08. The molecule has 0 bridgehead atoms. The summed E-state index contributed by atoms with van der Waals surface area (Å²) >= 11 is 0. The zero-order valence-electron chi connectivity index (χ0n) is 6.93. The Hall–Kier alpha value is -1.29. The van der Waals surface area contributed by atoms with Crippen LogP contribution in [0.25, 0.3) is 0 Å². The summed E-state index contributed by atoms with van der Waals surface area (Å²) in [6, 6.07) is 7.60. The third-order valence-corrected chi connectivity index (χ3v) is 2.06. The van der Waals surface area contributed by atoms with E-state index >= 15 is 0 Å². The summed E-state index contributed by atoms with van der Waals surface area (Å²) in [7, 11) is 1.61. The molecule has 2 rings (SSSR count). The maximum absolute atomic E-state index is 10.5. The third kappa shape index (κ3) is 1.58. The van der Waals surface area contributed by atoms with Crippen LogP contribution in [0.2, 0.25) is 0 Å². The standard InChI is InChI=1S/C9H8BO3/c11-9(12)5-8-6-3-1-2-4-7(6)10-13-8/h1-4,8H,5H2,(H,11,12). The van der Waals surface area contributed by atoms with Crippen LogP contribution in [0, 0.1) is 0 Å². The van der Waals surface area contributed by atoms with E-state index in [2.05, 4.69) is 0 Å². The van der Waals surface area contributed by atoms with Crippen molar-refractivity contribution >= 4 is 18.9 Å². The Morgan fingerprint density at radius 3 is 3.08 bits per heavy atom. The summed E-state index contributed by atoms with van der Waals surface area (Å²) in [5.74, 6) is -0.838. The van der Waals surface area contributed by atoms with Gasteiger partial charge in [-0.15, -0.1) is 0 Å². The van der Waals surface area contributed by atoms with Crippen LogP contribution in [0.5, 0.6) is 0 Å². The molecule has 0 spiro atoms. The second-order valence-electron chi connectivity index (χ2n) is 2.97. The van der Waals surface area contributed by atoms with Gasteiger partial charge in [-0.3, -0.25) is 4.79 Å². The number of rotatable bonds is 2. The fourth-order valence-electron chi connectivity index (χ4n) is 1.46. The monoisotopic (exact) mass is 175 g/mol. The van der Waals surface area contributed by atoms with Crippen LogP contribution in [0.3, 0.4) is 0 Å². The van der Waals surface area contributed by atoms with Gasteiger partial charge in [0.05, 0.1) is 12.5 Å². The molecular formula is C9H8BO3. The number of aliphatic carboxylic acids is 1. The van der Waals surface area contributed by atoms with Crippen molar-refractivity contribution in [2.24, 2.45) is 0 Å². The molecule has 1 aliphatic rings. The summed E-state index contributed by atoms with van der Waals surface area (Å²) in [5, 5.41) is 8.61. The highest BCUT2D eigenvalue weighted by Gasteiger charge is 2.25. The first-order valence-electron chi connectivity index (χ1n) is 4.07. The summed E-state index contributed by atoms with van der Waals surface area (Å²) < 4.78 is 5.23. The highest BCUT2D eigenvalue weighted by Crippen LogP contribution is 2.23. The van der Waals surface area contributed by atoms with Crippen molar-refractivity contribution in [3.8, 4) is 0 Å². The lowest BCUT2D eigenvalue weighted by molar-refractivity contribution is -0.138. The van der Waals surface area contributed by atoms with Gasteiger partial charge in [-0.2, -0.15) is 0 Å². The zero-order valence-corrected chi connectivity index (χ0v) is 6.93. The molecule has 1 aromatic carbocycles. The molecule has 1 aromatic rings. The van der Waals surface area contributed by atoms with Gasteiger partial charge in [0, 0.05) is 0 Å². The molecule has 1 N–H and O–H groups in total. The predicted molar refractivity (Wildman–Crippen MR) is 47.9 cm³/mol. The molecule has 0 saturated heterocycles. The van der Waals surface area contributed by atoms with Crippen LogP contribution in [0.4, 0.5) is 0 Å². The number of carboxylic acid groups (broad SMARTS) is 1. The largest absolute Gasteiger partial charge is 0.481 e. The van der Waals surface area contributed by atoms with Gasteiger partial charge in [0.25, 0.3) is 0 Å². The molecule has 0 amide bonds. The van der Waals surface area contributed by atoms with Crippen LogP contribution in [-0.2, 0) is 9.45 Å². The molecule has 3 nitrogen and oxygen atoms in total. The molecule has 0 aromatic heterocycles. The minimum atomic E-state index is -0.838. The highest BCUT2D eigenvalue weighted by molar-refractivity contribution is 6.49. The number of benzene rings is 1. The van der Waals surface area contributed by atoms with E-state index in [1.165, 1.54) is 0 Å². The van der Waals surface area contributed by atoms with Crippen molar-refractivity contribution in [1.82, 2.24) is 0 Å². The van der Waals surface area contributed by atoms with Crippen molar-refractivity contribution in [2.75, 3.05) is 0 Å². The van der Waals surface area contributed by atoms with E-state index in [1.807, 2.05) is 24.3 Å². The Morgan fingerprint density at radius 2 is 2.31 bits per heavy atom. The molecule has 65 valence electrons. The van der Waals surface area contributed by atoms with Crippen molar-refractivity contribution < 1.29 is 14.6 Å². The average Bonchev–Trinajstić information content (AvgIpc) is 2.48. The quantitative estimate of drug-likeness (QED) is 0.664. The van der Waals surface area contributed by atoms with Gasteiger partial charge in [-0.05, 0) is 11.0 Å².